The van der Waals surface area contributed by atoms with Gasteiger partial charge in [-0.3, -0.25) is 0 Å². The van der Waals surface area contributed by atoms with E-state index in [-0.39, 0.29) is 0 Å². The summed E-state index contributed by atoms with van der Waals surface area (Å²) in [5.74, 6) is 1.64. The monoisotopic (exact) mass is 422 g/mol. The summed E-state index contributed by atoms with van der Waals surface area (Å²) in [5, 5.41) is 21.3. The summed E-state index contributed by atoms with van der Waals surface area (Å²) >= 11 is 1.81. The van der Waals surface area contributed by atoms with Gasteiger partial charge in [0.1, 0.15) is 11.5 Å². The predicted octanol–water partition coefficient (Wildman–Crippen LogP) is 5.63. The number of rotatable bonds is 6. The molecule has 4 nitrogen and oxygen atoms in total. The Hall–Kier alpha value is -2.11. The van der Waals surface area contributed by atoms with Crippen molar-refractivity contribution < 1.29 is 10.2 Å². The number of aromatic nitrogens is 1. The van der Waals surface area contributed by atoms with Crippen molar-refractivity contribution >= 4 is 22.7 Å². The molecule has 0 radical (unpaired) electrons. The molecule has 30 heavy (non-hydrogen) atoms. The van der Waals surface area contributed by atoms with Gasteiger partial charge in [-0.15, -0.1) is 11.8 Å². The van der Waals surface area contributed by atoms with Crippen LogP contribution in [-0.4, -0.2) is 45.1 Å². The molecule has 2 aliphatic heterocycles. The number of unbranched alkanes of at least 4 members (excludes halogenated alkanes) is 2. The zero-order valence-corrected chi connectivity index (χ0v) is 18.3. The Morgan fingerprint density at radius 3 is 2.50 bits per heavy atom. The molecule has 0 aliphatic carbocycles. The van der Waals surface area contributed by atoms with E-state index in [1.807, 2.05) is 23.9 Å². The summed E-state index contributed by atoms with van der Waals surface area (Å²) in [6.07, 6.45) is 7.36. The molecule has 3 heterocycles. The highest BCUT2D eigenvalue weighted by molar-refractivity contribution is 7.99. The number of aryl methyl sites for hydroxylation is 2. The Bertz CT molecular complexity index is 1050. The molecule has 0 atom stereocenters. The van der Waals surface area contributed by atoms with Gasteiger partial charge in [-0.05, 0) is 93.7 Å². The van der Waals surface area contributed by atoms with E-state index < -0.39 is 0 Å². The minimum absolute atomic E-state index is 0.326. The first-order valence-electron chi connectivity index (χ1n) is 11.2. The molecule has 0 spiro atoms. The third-order valence-corrected chi connectivity index (χ3v) is 7.59. The summed E-state index contributed by atoms with van der Waals surface area (Å²) in [5.41, 5.74) is 5.02. The van der Waals surface area contributed by atoms with E-state index in [1.165, 1.54) is 73.0 Å². The van der Waals surface area contributed by atoms with Crippen LogP contribution in [0.3, 0.4) is 0 Å². The topological polar surface area (TPSA) is 48.6 Å². The molecule has 5 rings (SSSR count). The molecule has 5 heteroatoms. The predicted molar refractivity (Wildman–Crippen MR) is 125 cm³/mol. The summed E-state index contributed by atoms with van der Waals surface area (Å²) in [6.45, 7) is 4.78. The molecule has 1 fully saturated rings. The number of aromatic hydroxyl groups is 2. The molecule has 158 valence electrons. The van der Waals surface area contributed by atoms with E-state index in [2.05, 4.69) is 21.6 Å². The highest BCUT2D eigenvalue weighted by atomic mass is 32.2. The van der Waals surface area contributed by atoms with Crippen LogP contribution in [0.15, 0.2) is 41.3 Å². The molecule has 1 saturated heterocycles. The van der Waals surface area contributed by atoms with Crippen LogP contribution in [0.1, 0.15) is 37.7 Å². The molecular formula is C25H30N2O2S. The van der Waals surface area contributed by atoms with E-state index in [0.29, 0.717) is 11.5 Å². The Balaban J connectivity index is 1.46. The van der Waals surface area contributed by atoms with Crippen LogP contribution in [0.4, 0.5) is 0 Å². The first kappa shape index (κ1) is 19.8. The lowest BCUT2D eigenvalue weighted by Gasteiger charge is -2.16. The fraction of sp³-hybridized carbons (Fsp3) is 0.440. The second kappa shape index (κ2) is 8.56. The molecule has 2 aliphatic rings. The Morgan fingerprint density at radius 2 is 1.63 bits per heavy atom. The van der Waals surface area contributed by atoms with E-state index in [4.69, 9.17) is 0 Å². The summed E-state index contributed by atoms with van der Waals surface area (Å²) < 4.78 is 2.46. The maximum atomic E-state index is 10.1. The SMILES string of the molecule is Oc1ccc2c(c1)SCCc1c-2n(CCCCCN2CCCC2)c2ccc(O)cc12. The largest absolute Gasteiger partial charge is 0.508 e. The third kappa shape index (κ3) is 3.81. The minimum Gasteiger partial charge on any atom is -0.508 e. The number of hydrogen-bond donors (Lipinski definition) is 2. The van der Waals surface area contributed by atoms with Crippen molar-refractivity contribution in [3.63, 3.8) is 0 Å². The molecule has 0 saturated carbocycles. The van der Waals surface area contributed by atoms with Gasteiger partial charge < -0.3 is 19.7 Å². The normalized spacial score (nSPS) is 16.5. The van der Waals surface area contributed by atoms with Crippen LogP contribution in [-0.2, 0) is 13.0 Å². The Labute approximate surface area is 182 Å². The van der Waals surface area contributed by atoms with Gasteiger partial charge >= 0.3 is 0 Å². The maximum absolute atomic E-state index is 10.1. The van der Waals surface area contributed by atoms with Crippen molar-refractivity contribution in [2.24, 2.45) is 0 Å². The minimum atomic E-state index is 0.326. The van der Waals surface area contributed by atoms with Gasteiger partial charge in [0.2, 0.25) is 0 Å². The van der Waals surface area contributed by atoms with Crippen LogP contribution in [0.5, 0.6) is 11.5 Å². The van der Waals surface area contributed by atoms with Gasteiger partial charge in [-0.1, -0.05) is 6.42 Å². The van der Waals surface area contributed by atoms with Crippen LogP contribution >= 0.6 is 11.8 Å². The lowest BCUT2D eigenvalue weighted by Crippen LogP contribution is -2.20. The van der Waals surface area contributed by atoms with Gasteiger partial charge in [0.25, 0.3) is 0 Å². The smallest absolute Gasteiger partial charge is 0.116 e. The van der Waals surface area contributed by atoms with Crippen LogP contribution in [0.25, 0.3) is 22.2 Å². The number of benzene rings is 2. The highest BCUT2D eigenvalue weighted by Crippen LogP contribution is 2.44. The van der Waals surface area contributed by atoms with Crippen molar-refractivity contribution in [3.05, 3.63) is 42.0 Å². The number of hydrogen-bond acceptors (Lipinski definition) is 4. The highest BCUT2D eigenvalue weighted by Gasteiger charge is 2.24. The van der Waals surface area contributed by atoms with Crippen molar-refractivity contribution in [1.29, 1.82) is 0 Å². The molecular weight excluding hydrogens is 392 g/mol. The number of fused-ring (bicyclic) bond motifs is 5. The Kier molecular flexibility index (Phi) is 5.66. The van der Waals surface area contributed by atoms with Gasteiger partial charge in [0.05, 0.1) is 5.69 Å². The number of likely N-dealkylation sites (tertiary alicyclic amines) is 1. The van der Waals surface area contributed by atoms with E-state index in [9.17, 15) is 10.2 Å². The zero-order valence-electron chi connectivity index (χ0n) is 17.4. The molecule has 0 bridgehead atoms. The molecule has 0 unspecified atom stereocenters. The number of phenolic OH excluding ortho intramolecular Hbond substituents is 2. The van der Waals surface area contributed by atoms with Crippen LogP contribution in [0, 0.1) is 0 Å². The fourth-order valence-corrected chi connectivity index (χ4v) is 6.13. The molecule has 3 aromatic rings. The van der Waals surface area contributed by atoms with Gasteiger partial charge in [0, 0.05) is 33.7 Å². The summed E-state index contributed by atoms with van der Waals surface area (Å²) in [4.78, 5) is 3.75. The third-order valence-electron chi connectivity index (χ3n) is 6.54. The van der Waals surface area contributed by atoms with Crippen molar-refractivity contribution in [2.75, 3.05) is 25.4 Å². The average Bonchev–Trinajstić information content (AvgIpc) is 3.30. The summed E-state index contributed by atoms with van der Waals surface area (Å²) in [6, 6.07) is 11.5. The molecule has 2 N–H and O–H groups in total. The first-order valence-corrected chi connectivity index (χ1v) is 12.2. The number of phenols is 2. The first-order chi connectivity index (χ1) is 14.7. The molecule has 1 aromatic heterocycles. The Morgan fingerprint density at radius 1 is 0.867 bits per heavy atom. The number of thioether (sulfide) groups is 1. The van der Waals surface area contributed by atoms with Crippen molar-refractivity contribution in [3.8, 4) is 22.8 Å². The molecule has 2 aromatic carbocycles. The average molecular weight is 423 g/mol. The van der Waals surface area contributed by atoms with Gasteiger partial charge in [-0.25, -0.2) is 0 Å². The van der Waals surface area contributed by atoms with Crippen molar-refractivity contribution in [2.45, 2.75) is 50.0 Å². The number of nitrogens with zero attached hydrogens (tertiary/aromatic N) is 2. The fourth-order valence-electron chi connectivity index (χ4n) is 5.08. The second-order valence-corrected chi connectivity index (χ2v) is 9.71. The van der Waals surface area contributed by atoms with Gasteiger partial charge in [-0.2, -0.15) is 0 Å². The van der Waals surface area contributed by atoms with Crippen LogP contribution in [0.2, 0.25) is 0 Å². The van der Waals surface area contributed by atoms with Crippen molar-refractivity contribution in [1.82, 2.24) is 9.47 Å². The van der Waals surface area contributed by atoms with E-state index in [0.717, 1.165) is 30.0 Å². The van der Waals surface area contributed by atoms with Gasteiger partial charge in [0.15, 0.2) is 0 Å². The van der Waals surface area contributed by atoms with Crippen LogP contribution < -0.4 is 0 Å². The maximum Gasteiger partial charge on any atom is 0.116 e. The van der Waals surface area contributed by atoms with E-state index >= 15 is 0 Å². The summed E-state index contributed by atoms with van der Waals surface area (Å²) in [7, 11) is 0. The van der Waals surface area contributed by atoms with E-state index in [1.54, 1.807) is 12.1 Å². The lowest BCUT2D eigenvalue weighted by molar-refractivity contribution is 0.327. The lowest BCUT2D eigenvalue weighted by atomic mass is 10.0. The molecule has 0 amide bonds. The second-order valence-electron chi connectivity index (χ2n) is 8.57. The quantitative estimate of drug-likeness (QED) is 0.505. The standard InChI is InChI=1S/C25H30N2O2S/c28-18-7-9-23-22(16-18)20-10-15-30-24-17-19(29)6-8-21(24)25(20)27(23)14-3-1-2-11-26-12-4-5-13-26/h6-9,16-17,28-29H,1-5,10-15H2. The zero-order chi connectivity index (χ0) is 20.5.